The molecule has 0 bridgehead atoms. The van der Waals surface area contributed by atoms with Crippen LogP contribution in [0.4, 0.5) is 5.82 Å². The second-order valence-electron chi connectivity index (χ2n) is 6.23. The minimum atomic E-state index is -0.938. The summed E-state index contributed by atoms with van der Waals surface area (Å²) in [7, 11) is 0. The molecule has 2 heterocycles. The van der Waals surface area contributed by atoms with Crippen LogP contribution in [0.5, 0.6) is 0 Å². The van der Waals surface area contributed by atoms with Crippen LogP contribution < -0.4 is 4.90 Å². The number of hydrogen-bond acceptors (Lipinski definition) is 3. The van der Waals surface area contributed by atoms with Gasteiger partial charge in [0.15, 0.2) is 0 Å². The van der Waals surface area contributed by atoms with Crippen LogP contribution in [-0.2, 0) is 4.79 Å². The molecule has 0 spiro atoms. The molecular formula is C17H24N2O2. The van der Waals surface area contributed by atoms with Crippen molar-refractivity contribution in [2.75, 3.05) is 18.0 Å². The molecule has 1 aliphatic heterocycles. The molecule has 1 saturated heterocycles. The number of carboxylic acid groups (broad SMARTS) is 1. The topological polar surface area (TPSA) is 53.4 Å². The van der Waals surface area contributed by atoms with Crippen molar-refractivity contribution in [1.29, 1.82) is 0 Å². The zero-order valence-corrected chi connectivity index (χ0v) is 13.1. The maximum absolute atomic E-state index is 10.5. The van der Waals surface area contributed by atoms with Crippen molar-refractivity contribution in [2.24, 2.45) is 5.41 Å². The van der Waals surface area contributed by atoms with Gasteiger partial charge < -0.3 is 10.0 Å². The van der Waals surface area contributed by atoms with Crippen LogP contribution in [0.25, 0.3) is 6.08 Å². The van der Waals surface area contributed by atoms with Crippen molar-refractivity contribution >= 4 is 17.9 Å². The number of aryl methyl sites for hydroxylation is 1. The highest BCUT2D eigenvalue weighted by Crippen LogP contribution is 2.35. The van der Waals surface area contributed by atoms with Gasteiger partial charge in [-0.2, -0.15) is 0 Å². The summed E-state index contributed by atoms with van der Waals surface area (Å²) in [6.45, 7) is 8.76. The normalized spacial score (nSPS) is 18.1. The minimum Gasteiger partial charge on any atom is -0.478 e. The summed E-state index contributed by atoms with van der Waals surface area (Å²) in [6, 6.07) is 2.00. The first-order valence-corrected chi connectivity index (χ1v) is 7.56. The van der Waals surface area contributed by atoms with Gasteiger partial charge in [0.25, 0.3) is 0 Å². The van der Waals surface area contributed by atoms with Gasteiger partial charge in [0, 0.05) is 25.4 Å². The Hall–Kier alpha value is -1.84. The number of carboxylic acids is 1. The van der Waals surface area contributed by atoms with E-state index in [9.17, 15) is 4.79 Å². The number of pyridine rings is 1. The van der Waals surface area contributed by atoms with E-state index in [0.717, 1.165) is 36.1 Å². The van der Waals surface area contributed by atoms with Crippen LogP contribution in [0.15, 0.2) is 18.3 Å². The summed E-state index contributed by atoms with van der Waals surface area (Å²) in [5.74, 6) is 0.0900. The summed E-state index contributed by atoms with van der Waals surface area (Å²) in [5.41, 5.74) is 2.39. The molecule has 114 valence electrons. The Kier molecular flexibility index (Phi) is 4.66. The Bertz CT molecular complexity index is 544. The van der Waals surface area contributed by atoms with Crippen LogP contribution in [-0.4, -0.2) is 29.1 Å². The van der Waals surface area contributed by atoms with E-state index in [1.807, 2.05) is 13.0 Å². The van der Waals surface area contributed by atoms with Gasteiger partial charge in [0.2, 0.25) is 0 Å². The summed E-state index contributed by atoms with van der Waals surface area (Å²) in [6.07, 6.45) is 8.10. The van der Waals surface area contributed by atoms with Gasteiger partial charge in [-0.3, -0.25) is 0 Å². The Labute approximate surface area is 126 Å². The van der Waals surface area contributed by atoms with E-state index in [-0.39, 0.29) is 0 Å². The summed E-state index contributed by atoms with van der Waals surface area (Å²) in [5, 5.41) is 8.66. The number of carbonyl (C=O) groups is 1. The van der Waals surface area contributed by atoms with E-state index >= 15 is 0 Å². The number of nitrogens with zero attached hydrogens (tertiary/aromatic N) is 2. The first kappa shape index (κ1) is 15.5. The average Bonchev–Trinajstić information content (AvgIpc) is 2.46. The second kappa shape index (κ2) is 6.29. The van der Waals surface area contributed by atoms with Crippen molar-refractivity contribution in [3.63, 3.8) is 0 Å². The molecule has 1 fully saturated rings. The summed E-state index contributed by atoms with van der Waals surface area (Å²) in [4.78, 5) is 17.4. The molecule has 21 heavy (non-hydrogen) atoms. The molecule has 0 saturated carbocycles. The maximum Gasteiger partial charge on any atom is 0.328 e. The van der Waals surface area contributed by atoms with Crippen molar-refractivity contribution < 1.29 is 9.90 Å². The molecule has 0 amide bonds. The van der Waals surface area contributed by atoms with Crippen LogP contribution in [0, 0.1) is 12.3 Å². The quantitative estimate of drug-likeness (QED) is 0.861. The Morgan fingerprint density at radius 3 is 2.67 bits per heavy atom. The molecule has 1 aromatic rings. The van der Waals surface area contributed by atoms with Gasteiger partial charge in [-0.05, 0) is 48.4 Å². The number of rotatable bonds is 4. The van der Waals surface area contributed by atoms with Crippen molar-refractivity contribution in [2.45, 2.75) is 40.0 Å². The van der Waals surface area contributed by atoms with Gasteiger partial charge in [0.1, 0.15) is 5.82 Å². The molecule has 4 heteroatoms. The number of aromatic nitrogens is 1. The van der Waals surface area contributed by atoms with E-state index in [1.54, 1.807) is 12.3 Å². The molecule has 1 N–H and O–H groups in total. The van der Waals surface area contributed by atoms with Gasteiger partial charge in [-0.15, -0.1) is 0 Å². The third-order valence-corrected chi connectivity index (χ3v) is 4.61. The Morgan fingerprint density at radius 2 is 2.14 bits per heavy atom. The molecule has 4 nitrogen and oxygen atoms in total. The molecule has 0 unspecified atom stereocenters. The highest BCUT2D eigenvalue weighted by Gasteiger charge is 2.29. The Morgan fingerprint density at radius 1 is 1.48 bits per heavy atom. The molecule has 1 aromatic heterocycles. The number of piperidine rings is 1. The fourth-order valence-electron chi connectivity index (χ4n) is 2.79. The number of anilines is 1. The van der Waals surface area contributed by atoms with Crippen LogP contribution in [0.2, 0.25) is 0 Å². The lowest BCUT2D eigenvalue weighted by Crippen LogP contribution is -2.39. The maximum atomic E-state index is 10.5. The monoisotopic (exact) mass is 288 g/mol. The van der Waals surface area contributed by atoms with Gasteiger partial charge >= 0.3 is 5.97 Å². The summed E-state index contributed by atoms with van der Waals surface area (Å²) >= 11 is 0. The van der Waals surface area contributed by atoms with Crippen molar-refractivity contribution in [3.05, 3.63) is 29.5 Å². The fraction of sp³-hybridized carbons (Fsp3) is 0.529. The second-order valence-corrected chi connectivity index (χ2v) is 6.23. The lowest BCUT2D eigenvalue weighted by atomic mass is 9.78. The lowest BCUT2D eigenvalue weighted by molar-refractivity contribution is -0.131. The SMILES string of the molecule is CCC1(C)CCN(c2ncc(/C=C/C(=O)O)cc2C)CC1. The average molecular weight is 288 g/mol. The zero-order valence-electron chi connectivity index (χ0n) is 13.1. The standard InChI is InChI=1S/C17H24N2O2/c1-4-17(3)7-9-19(10-8-17)16-13(2)11-14(12-18-16)5-6-15(20)21/h5-6,11-12H,4,7-10H2,1-3H3,(H,20,21)/b6-5+. The van der Waals surface area contributed by atoms with E-state index < -0.39 is 5.97 Å². The van der Waals surface area contributed by atoms with Gasteiger partial charge in [0.05, 0.1) is 0 Å². The van der Waals surface area contributed by atoms with Gasteiger partial charge in [-0.1, -0.05) is 20.3 Å². The minimum absolute atomic E-state index is 0.467. The largest absolute Gasteiger partial charge is 0.478 e. The highest BCUT2D eigenvalue weighted by atomic mass is 16.4. The highest BCUT2D eigenvalue weighted by molar-refractivity contribution is 5.85. The first-order chi connectivity index (χ1) is 9.93. The molecule has 2 rings (SSSR count). The van der Waals surface area contributed by atoms with Crippen LogP contribution in [0.3, 0.4) is 0 Å². The first-order valence-electron chi connectivity index (χ1n) is 7.56. The molecule has 0 atom stereocenters. The molecular weight excluding hydrogens is 264 g/mol. The van der Waals surface area contributed by atoms with Crippen LogP contribution in [0.1, 0.15) is 44.2 Å². The fourth-order valence-corrected chi connectivity index (χ4v) is 2.79. The molecule has 1 aliphatic rings. The van der Waals surface area contributed by atoms with E-state index in [0.29, 0.717) is 5.41 Å². The molecule has 0 aliphatic carbocycles. The zero-order chi connectivity index (χ0) is 15.5. The Balaban J connectivity index is 2.10. The van der Waals surface area contributed by atoms with Gasteiger partial charge in [-0.25, -0.2) is 9.78 Å². The smallest absolute Gasteiger partial charge is 0.328 e. The lowest BCUT2D eigenvalue weighted by Gasteiger charge is -2.40. The number of hydrogen-bond donors (Lipinski definition) is 1. The van der Waals surface area contributed by atoms with E-state index in [4.69, 9.17) is 5.11 Å². The summed E-state index contributed by atoms with van der Waals surface area (Å²) < 4.78 is 0. The predicted octanol–water partition coefficient (Wildman–Crippen LogP) is 3.50. The van der Waals surface area contributed by atoms with Crippen molar-refractivity contribution in [3.8, 4) is 0 Å². The third kappa shape index (κ3) is 3.84. The molecule has 0 aromatic carbocycles. The third-order valence-electron chi connectivity index (χ3n) is 4.61. The van der Waals surface area contributed by atoms with Crippen molar-refractivity contribution in [1.82, 2.24) is 4.98 Å². The van der Waals surface area contributed by atoms with E-state index in [2.05, 4.69) is 23.7 Å². The predicted molar refractivity (Wildman–Crippen MR) is 85.5 cm³/mol. The van der Waals surface area contributed by atoms with Crippen LogP contribution >= 0.6 is 0 Å². The van der Waals surface area contributed by atoms with E-state index in [1.165, 1.54) is 19.3 Å². The molecule has 0 radical (unpaired) electrons. The number of aliphatic carboxylic acids is 1.